The summed E-state index contributed by atoms with van der Waals surface area (Å²) >= 11 is 25.2. The van der Waals surface area contributed by atoms with Crippen molar-refractivity contribution in [1.82, 2.24) is 4.98 Å². The molecule has 0 aliphatic heterocycles. The molecule has 1 aliphatic rings. The van der Waals surface area contributed by atoms with E-state index < -0.39 is 22.1 Å². The zero-order valence-electron chi connectivity index (χ0n) is 16.7. The lowest BCUT2D eigenvalue weighted by Gasteiger charge is -2.10. The molecule has 1 heterocycles. The predicted molar refractivity (Wildman–Crippen MR) is 129 cm³/mol. The third-order valence-electron chi connectivity index (χ3n) is 5.18. The molecule has 0 spiro atoms. The zero-order valence-corrected chi connectivity index (χ0v) is 19.7. The van der Waals surface area contributed by atoms with Gasteiger partial charge in [-0.05, 0) is 60.5 Å². The van der Waals surface area contributed by atoms with Gasteiger partial charge >= 0.3 is 0 Å². The number of carbonyl (C=O) groups excluding carboxylic acids is 2. The molecule has 0 saturated heterocycles. The predicted octanol–water partition coefficient (Wildman–Crippen LogP) is 6.48. The molecule has 9 heteroatoms. The second kappa shape index (κ2) is 8.91. The van der Waals surface area contributed by atoms with E-state index in [2.05, 4.69) is 15.6 Å². The molecule has 2 unspecified atom stereocenters. The van der Waals surface area contributed by atoms with E-state index in [0.717, 1.165) is 11.1 Å². The van der Waals surface area contributed by atoms with Crippen molar-refractivity contribution in [2.45, 2.75) is 17.2 Å². The van der Waals surface area contributed by atoms with Gasteiger partial charge in [-0.15, -0.1) is 23.2 Å². The SMILES string of the molecule is Cc1cc(Cl)cc(C2C(C(=O)Nc3ccc(Cl)c(C(=O)Nc4ccncc4)c3)C2(Cl)Cl)c1. The van der Waals surface area contributed by atoms with Gasteiger partial charge in [0.05, 0.1) is 16.5 Å². The molecule has 1 saturated carbocycles. The van der Waals surface area contributed by atoms with Gasteiger partial charge in [-0.25, -0.2) is 0 Å². The number of alkyl halides is 2. The van der Waals surface area contributed by atoms with Crippen LogP contribution in [0.5, 0.6) is 0 Å². The third-order valence-corrected chi connectivity index (χ3v) is 6.66. The van der Waals surface area contributed by atoms with E-state index >= 15 is 0 Å². The zero-order chi connectivity index (χ0) is 23.0. The molecular formula is C23H17Cl4N3O2. The molecule has 5 nitrogen and oxygen atoms in total. The summed E-state index contributed by atoms with van der Waals surface area (Å²) in [7, 11) is 0. The van der Waals surface area contributed by atoms with Crippen molar-refractivity contribution in [2.75, 3.05) is 10.6 Å². The molecule has 1 aromatic heterocycles. The summed E-state index contributed by atoms with van der Waals surface area (Å²) in [5, 5.41) is 6.32. The molecule has 1 aliphatic carbocycles. The maximum atomic E-state index is 12.9. The Bertz CT molecular complexity index is 1180. The lowest BCUT2D eigenvalue weighted by Crippen LogP contribution is -2.18. The first-order valence-corrected chi connectivity index (χ1v) is 11.1. The number of pyridine rings is 1. The Kier molecular flexibility index (Phi) is 6.37. The van der Waals surface area contributed by atoms with Crippen LogP contribution in [0.25, 0.3) is 0 Å². The summed E-state index contributed by atoms with van der Waals surface area (Å²) in [6.45, 7) is 1.91. The molecule has 32 heavy (non-hydrogen) atoms. The number of anilines is 2. The highest BCUT2D eigenvalue weighted by atomic mass is 35.5. The number of benzene rings is 2. The van der Waals surface area contributed by atoms with Crippen LogP contribution in [0.15, 0.2) is 60.9 Å². The van der Waals surface area contributed by atoms with Crippen LogP contribution in [-0.2, 0) is 4.79 Å². The van der Waals surface area contributed by atoms with Gasteiger partial charge in [0.1, 0.15) is 4.33 Å². The Labute approximate surface area is 205 Å². The molecule has 3 aromatic rings. The number of halogens is 4. The highest BCUT2D eigenvalue weighted by Crippen LogP contribution is 2.65. The van der Waals surface area contributed by atoms with E-state index in [-0.39, 0.29) is 16.5 Å². The Morgan fingerprint density at radius 2 is 1.66 bits per heavy atom. The minimum absolute atomic E-state index is 0.210. The van der Waals surface area contributed by atoms with Crippen LogP contribution in [0, 0.1) is 12.8 Å². The van der Waals surface area contributed by atoms with Gasteiger partial charge in [0.15, 0.2) is 0 Å². The number of hydrogen-bond acceptors (Lipinski definition) is 3. The van der Waals surface area contributed by atoms with Crippen LogP contribution in [0.4, 0.5) is 11.4 Å². The van der Waals surface area contributed by atoms with Gasteiger partial charge in [0.2, 0.25) is 5.91 Å². The lowest BCUT2D eigenvalue weighted by molar-refractivity contribution is -0.117. The van der Waals surface area contributed by atoms with Crippen LogP contribution >= 0.6 is 46.4 Å². The Morgan fingerprint density at radius 3 is 2.34 bits per heavy atom. The summed E-state index contributed by atoms with van der Waals surface area (Å²) in [5.41, 5.74) is 2.93. The van der Waals surface area contributed by atoms with Crippen molar-refractivity contribution >= 4 is 69.6 Å². The van der Waals surface area contributed by atoms with Gasteiger partial charge in [0.25, 0.3) is 5.91 Å². The molecular weight excluding hydrogens is 492 g/mol. The minimum Gasteiger partial charge on any atom is -0.326 e. The summed E-state index contributed by atoms with van der Waals surface area (Å²) in [6.07, 6.45) is 3.12. The van der Waals surface area contributed by atoms with Crippen LogP contribution in [0.2, 0.25) is 10.0 Å². The first kappa shape index (κ1) is 22.9. The van der Waals surface area contributed by atoms with E-state index in [1.165, 1.54) is 12.1 Å². The van der Waals surface area contributed by atoms with E-state index in [9.17, 15) is 9.59 Å². The smallest absolute Gasteiger partial charge is 0.257 e. The highest BCUT2D eigenvalue weighted by molar-refractivity contribution is 6.53. The number of rotatable bonds is 5. The fourth-order valence-electron chi connectivity index (χ4n) is 3.64. The maximum Gasteiger partial charge on any atom is 0.257 e. The van der Waals surface area contributed by atoms with Crippen molar-refractivity contribution in [1.29, 1.82) is 0 Å². The fraction of sp³-hybridized carbons (Fsp3) is 0.174. The number of aromatic nitrogens is 1. The average molecular weight is 509 g/mol. The Morgan fingerprint density at radius 1 is 0.938 bits per heavy atom. The number of nitrogens with one attached hydrogen (secondary N) is 2. The van der Waals surface area contributed by atoms with Crippen molar-refractivity contribution in [2.24, 2.45) is 5.92 Å². The monoisotopic (exact) mass is 507 g/mol. The first-order chi connectivity index (χ1) is 15.2. The molecule has 0 bridgehead atoms. The van der Waals surface area contributed by atoms with Gasteiger partial charge in [-0.1, -0.05) is 29.3 Å². The number of nitrogens with zero attached hydrogens (tertiary/aromatic N) is 1. The topological polar surface area (TPSA) is 71.1 Å². The molecule has 4 rings (SSSR count). The highest BCUT2D eigenvalue weighted by Gasteiger charge is 2.67. The Balaban J connectivity index is 1.51. The van der Waals surface area contributed by atoms with Crippen LogP contribution in [0.3, 0.4) is 0 Å². The van der Waals surface area contributed by atoms with Crippen LogP contribution < -0.4 is 10.6 Å². The van der Waals surface area contributed by atoms with Gasteiger partial charge in [-0.3, -0.25) is 14.6 Å². The largest absolute Gasteiger partial charge is 0.326 e. The third kappa shape index (κ3) is 4.71. The standard InChI is InChI=1S/C23H17Cl4N3O2/c1-12-8-13(10-14(24)9-12)19-20(23(19,26)27)22(32)30-16-2-3-18(25)17(11-16)21(31)29-15-4-6-28-7-5-15/h2-11,19-20H,1H3,(H,30,32)(H,28,29,31). The van der Waals surface area contributed by atoms with Crippen LogP contribution in [0.1, 0.15) is 27.4 Å². The van der Waals surface area contributed by atoms with E-state index in [1.54, 1.807) is 36.7 Å². The minimum atomic E-state index is -1.25. The van der Waals surface area contributed by atoms with E-state index in [0.29, 0.717) is 16.4 Å². The molecule has 2 N–H and O–H groups in total. The normalized spacial score (nSPS) is 18.7. The fourth-order valence-corrected chi connectivity index (χ4v) is 4.97. The summed E-state index contributed by atoms with van der Waals surface area (Å²) in [5.74, 6) is -1.85. The molecule has 2 aromatic carbocycles. The second-order valence-electron chi connectivity index (χ2n) is 7.57. The number of aryl methyl sites for hydroxylation is 1. The van der Waals surface area contributed by atoms with Crippen molar-refractivity contribution in [3.8, 4) is 0 Å². The molecule has 2 atom stereocenters. The molecule has 0 radical (unpaired) electrons. The Hall–Kier alpha value is -2.31. The first-order valence-electron chi connectivity index (χ1n) is 9.63. The van der Waals surface area contributed by atoms with Gasteiger partial charge in [-0.2, -0.15) is 0 Å². The number of amides is 2. The van der Waals surface area contributed by atoms with Gasteiger partial charge < -0.3 is 10.6 Å². The number of carbonyl (C=O) groups is 2. The van der Waals surface area contributed by atoms with Crippen molar-refractivity contribution in [3.05, 3.63) is 87.7 Å². The van der Waals surface area contributed by atoms with E-state index in [1.807, 2.05) is 19.1 Å². The molecule has 1 fully saturated rings. The summed E-state index contributed by atoms with van der Waals surface area (Å²) in [6, 6.07) is 13.4. The average Bonchev–Trinajstić information content (AvgIpc) is 3.31. The van der Waals surface area contributed by atoms with Crippen molar-refractivity contribution < 1.29 is 9.59 Å². The van der Waals surface area contributed by atoms with E-state index in [4.69, 9.17) is 46.4 Å². The second-order valence-corrected chi connectivity index (χ2v) is 9.85. The number of hydrogen-bond donors (Lipinski definition) is 2. The molecule has 164 valence electrons. The van der Waals surface area contributed by atoms with Gasteiger partial charge in [0, 0.05) is 34.7 Å². The maximum absolute atomic E-state index is 12.9. The molecule has 2 amide bonds. The van der Waals surface area contributed by atoms with Crippen LogP contribution in [-0.4, -0.2) is 21.1 Å². The van der Waals surface area contributed by atoms with Crippen molar-refractivity contribution in [3.63, 3.8) is 0 Å². The lowest BCUT2D eigenvalue weighted by atomic mass is 10.1. The summed E-state index contributed by atoms with van der Waals surface area (Å²) < 4.78 is -1.25. The summed E-state index contributed by atoms with van der Waals surface area (Å²) in [4.78, 5) is 29.5. The quantitative estimate of drug-likeness (QED) is 0.387.